The second-order valence-electron chi connectivity index (χ2n) is 8.59. The Morgan fingerprint density at radius 1 is 1.17 bits per heavy atom. The normalized spacial score (nSPS) is 11.7. The van der Waals surface area contributed by atoms with Gasteiger partial charge < -0.3 is 19.0 Å². The maximum Gasteiger partial charge on any atom is 0.414 e. The second kappa shape index (κ2) is 10.9. The van der Waals surface area contributed by atoms with E-state index in [9.17, 15) is 22.4 Å². The number of sulfonamides is 1. The van der Waals surface area contributed by atoms with Gasteiger partial charge in [0.05, 0.1) is 16.5 Å². The minimum Gasteiger partial charge on any atom is -0.422 e. The number of benzene rings is 2. The molecule has 3 rings (SSSR count). The average molecular weight is 540 g/mol. The van der Waals surface area contributed by atoms with E-state index in [1.54, 1.807) is 26.2 Å². The SMILES string of the molecule is CCS(=O)(=O)Nc1cccc(Cc2c(CN(C)C)c3cc(F)c(OC(=O)N(C)C)cc3oc2=O)c1Cl. The molecule has 0 saturated carbocycles. The molecule has 0 spiro atoms. The molecule has 1 heterocycles. The lowest BCUT2D eigenvalue weighted by Crippen LogP contribution is -2.25. The van der Waals surface area contributed by atoms with Gasteiger partial charge in [-0.25, -0.2) is 22.4 Å². The number of fused-ring (bicyclic) bond motifs is 1. The Bertz CT molecular complexity index is 1470. The van der Waals surface area contributed by atoms with Gasteiger partial charge in [-0.2, -0.15) is 0 Å². The van der Waals surface area contributed by atoms with E-state index in [0.29, 0.717) is 16.5 Å². The Hall–Kier alpha value is -3.15. The third kappa shape index (κ3) is 6.15. The minimum atomic E-state index is -3.57. The lowest BCUT2D eigenvalue weighted by atomic mass is 9.97. The van der Waals surface area contributed by atoms with Crippen molar-refractivity contribution >= 4 is 44.4 Å². The summed E-state index contributed by atoms with van der Waals surface area (Å²) in [5, 5.41) is 0.473. The fraction of sp³-hybridized carbons (Fsp3) is 0.333. The topological polar surface area (TPSA) is 109 Å². The number of hydrogen-bond acceptors (Lipinski definition) is 7. The predicted molar refractivity (Wildman–Crippen MR) is 137 cm³/mol. The number of rotatable bonds is 8. The van der Waals surface area contributed by atoms with E-state index in [0.717, 1.165) is 11.0 Å². The van der Waals surface area contributed by atoms with Gasteiger partial charge >= 0.3 is 11.7 Å². The van der Waals surface area contributed by atoms with Gasteiger partial charge in [-0.15, -0.1) is 0 Å². The van der Waals surface area contributed by atoms with Crippen molar-refractivity contribution in [2.45, 2.75) is 19.9 Å². The van der Waals surface area contributed by atoms with Crippen LogP contribution in [0.2, 0.25) is 5.02 Å². The lowest BCUT2D eigenvalue weighted by Gasteiger charge is -2.18. The Labute approximate surface area is 213 Å². The molecule has 0 atom stereocenters. The van der Waals surface area contributed by atoms with E-state index in [-0.39, 0.29) is 46.3 Å². The van der Waals surface area contributed by atoms with E-state index < -0.39 is 27.6 Å². The van der Waals surface area contributed by atoms with Crippen molar-refractivity contribution in [3.63, 3.8) is 0 Å². The highest BCUT2D eigenvalue weighted by Crippen LogP contribution is 2.32. The van der Waals surface area contributed by atoms with Crippen molar-refractivity contribution in [1.29, 1.82) is 0 Å². The number of amides is 1. The first-order valence-electron chi connectivity index (χ1n) is 10.9. The quantitative estimate of drug-likeness (QED) is 0.430. The number of nitrogens with one attached hydrogen (secondary N) is 1. The van der Waals surface area contributed by atoms with Gasteiger partial charge in [0.25, 0.3) is 0 Å². The van der Waals surface area contributed by atoms with Crippen molar-refractivity contribution in [2.75, 3.05) is 38.7 Å². The van der Waals surface area contributed by atoms with Gasteiger partial charge in [-0.05, 0) is 44.3 Å². The molecule has 0 fully saturated rings. The van der Waals surface area contributed by atoms with Crippen molar-refractivity contribution in [2.24, 2.45) is 0 Å². The summed E-state index contributed by atoms with van der Waals surface area (Å²) in [5.74, 6) is -1.30. The molecule has 2 aromatic carbocycles. The highest BCUT2D eigenvalue weighted by atomic mass is 35.5. The van der Waals surface area contributed by atoms with E-state index in [1.165, 1.54) is 33.2 Å². The summed E-state index contributed by atoms with van der Waals surface area (Å²) in [7, 11) is 2.92. The van der Waals surface area contributed by atoms with Crippen LogP contribution in [0.5, 0.6) is 5.75 Å². The summed E-state index contributed by atoms with van der Waals surface area (Å²) in [6.45, 7) is 1.77. The van der Waals surface area contributed by atoms with Crippen molar-refractivity contribution < 1.29 is 26.8 Å². The molecule has 0 saturated heterocycles. The summed E-state index contributed by atoms with van der Waals surface area (Å²) >= 11 is 6.49. The standard InChI is InChI=1S/C24H27ClFN3O6S/c1-6-36(32,33)27-19-9-7-8-14(22(19)25)10-16-17(13-28(2)3)15-11-18(26)21(35-24(31)29(4)5)12-20(15)34-23(16)30/h7-9,11-12,27H,6,10,13H2,1-5H3. The molecule has 0 aliphatic heterocycles. The van der Waals surface area contributed by atoms with E-state index >= 15 is 0 Å². The van der Waals surface area contributed by atoms with E-state index in [1.807, 2.05) is 4.90 Å². The van der Waals surface area contributed by atoms with Crippen LogP contribution in [0.15, 0.2) is 39.5 Å². The lowest BCUT2D eigenvalue weighted by molar-refractivity contribution is 0.170. The smallest absolute Gasteiger partial charge is 0.414 e. The van der Waals surface area contributed by atoms with Crippen molar-refractivity contribution in [3.05, 3.63) is 68.3 Å². The number of halogens is 2. The van der Waals surface area contributed by atoms with Crippen molar-refractivity contribution in [1.82, 2.24) is 9.80 Å². The van der Waals surface area contributed by atoms with E-state index in [4.69, 9.17) is 20.8 Å². The highest BCUT2D eigenvalue weighted by Gasteiger charge is 2.21. The number of nitrogens with zero attached hydrogens (tertiary/aromatic N) is 2. The number of carbonyl (C=O) groups excluding carboxylic acids is 1. The molecule has 0 radical (unpaired) electrons. The molecule has 1 N–H and O–H groups in total. The van der Waals surface area contributed by atoms with Crippen LogP contribution in [0.1, 0.15) is 23.6 Å². The molecule has 1 amide bonds. The molecule has 0 aliphatic rings. The zero-order valence-electron chi connectivity index (χ0n) is 20.5. The number of hydrogen-bond donors (Lipinski definition) is 1. The maximum absolute atomic E-state index is 14.9. The summed E-state index contributed by atoms with van der Waals surface area (Å²) in [4.78, 5) is 27.9. The molecule has 0 unspecified atom stereocenters. The van der Waals surface area contributed by atoms with Gasteiger partial charge in [-0.3, -0.25) is 4.72 Å². The van der Waals surface area contributed by atoms with Gasteiger partial charge in [0, 0.05) is 44.1 Å². The maximum atomic E-state index is 14.9. The minimum absolute atomic E-state index is 0.0148. The Morgan fingerprint density at radius 2 is 1.86 bits per heavy atom. The van der Waals surface area contributed by atoms with E-state index in [2.05, 4.69) is 4.72 Å². The fourth-order valence-electron chi connectivity index (χ4n) is 3.47. The Balaban J connectivity index is 2.14. The number of ether oxygens (including phenoxy) is 1. The molecule has 36 heavy (non-hydrogen) atoms. The van der Waals surface area contributed by atoms with Crippen LogP contribution < -0.4 is 15.1 Å². The molecule has 12 heteroatoms. The number of anilines is 1. The molecule has 0 bridgehead atoms. The summed E-state index contributed by atoms with van der Waals surface area (Å²) in [6.07, 6.45) is -0.769. The van der Waals surface area contributed by atoms with Gasteiger partial charge in [0.15, 0.2) is 11.6 Å². The molecule has 9 nitrogen and oxygen atoms in total. The second-order valence-corrected chi connectivity index (χ2v) is 11.0. The van der Waals surface area contributed by atoms with Gasteiger partial charge in [-0.1, -0.05) is 23.7 Å². The highest BCUT2D eigenvalue weighted by molar-refractivity contribution is 7.92. The zero-order valence-corrected chi connectivity index (χ0v) is 22.1. The van der Waals surface area contributed by atoms with Crippen LogP contribution in [0.25, 0.3) is 11.0 Å². The van der Waals surface area contributed by atoms with Crippen LogP contribution in [-0.2, 0) is 23.0 Å². The first-order chi connectivity index (χ1) is 16.8. The molecule has 194 valence electrons. The molecule has 3 aromatic rings. The monoisotopic (exact) mass is 539 g/mol. The molecular formula is C24H27ClFN3O6S. The third-order valence-corrected chi connectivity index (χ3v) is 7.04. The molecule has 0 aliphatic carbocycles. The summed E-state index contributed by atoms with van der Waals surface area (Å²) in [6, 6.07) is 7.14. The van der Waals surface area contributed by atoms with Gasteiger partial charge in [0.1, 0.15) is 5.58 Å². The fourth-order valence-corrected chi connectivity index (χ4v) is 4.41. The average Bonchev–Trinajstić information content (AvgIpc) is 2.79. The van der Waals surface area contributed by atoms with Crippen LogP contribution in [0.4, 0.5) is 14.9 Å². The Morgan fingerprint density at radius 3 is 2.47 bits per heavy atom. The van der Waals surface area contributed by atoms with Crippen molar-refractivity contribution in [3.8, 4) is 5.75 Å². The predicted octanol–water partition coefficient (Wildman–Crippen LogP) is 4.06. The third-order valence-electron chi connectivity index (χ3n) is 5.30. The zero-order chi connectivity index (χ0) is 26.8. The first kappa shape index (κ1) is 27.4. The molecular weight excluding hydrogens is 513 g/mol. The number of carbonyl (C=O) groups is 1. The largest absolute Gasteiger partial charge is 0.422 e. The molecule has 1 aromatic heterocycles. The first-order valence-corrected chi connectivity index (χ1v) is 13.0. The Kier molecular flexibility index (Phi) is 8.27. The summed E-state index contributed by atoms with van der Waals surface area (Å²) in [5.41, 5.74) is 0.799. The van der Waals surface area contributed by atoms with Gasteiger partial charge in [0.2, 0.25) is 10.0 Å². The van der Waals surface area contributed by atoms with Crippen LogP contribution >= 0.6 is 11.6 Å². The van der Waals surface area contributed by atoms with Crippen LogP contribution in [0.3, 0.4) is 0 Å². The van der Waals surface area contributed by atoms with Crippen LogP contribution in [-0.4, -0.2) is 58.3 Å². The van der Waals surface area contributed by atoms with Crippen LogP contribution in [0, 0.1) is 5.82 Å². The summed E-state index contributed by atoms with van der Waals surface area (Å²) < 4.78 is 51.9.